The Balaban J connectivity index is 0.00000122. The lowest BCUT2D eigenvalue weighted by Crippen LogP contribution is -2.06. The molecule has 0 unspecified atom stereocenters. The highest BCUT2D eigenvalue weighted by molar-refractivity contribution is 6.15. The fraction of sp³-hybridized carbons (Fsp3) is 0.400. The predicted octanol–water partition coefficient (Wildman–Crippen LogP) is 1.01. The summed E-state index contributed by atoms with van der Waals surface area (Å²) in [6, 6.07) is 7.53. The van der Waals surface area contributed by atoms with Crippen molar-refractivity contribution in [1.29, 1.82) is 0 Å². The normalized spacial score (nSPS) is 10.7. The summed E-state index contributed by atoms with van der Waals surface area (Å²) in [5.41, 5.74) is 1.57. The molecule has 0 saturated carbocycles. The fourth-order valence-electron chi connectivity index (χ4n) is 1.43. The summed E-state index contributed by atoms with van der Waals surface area (Å²) >= 11 is 0. The van der Waals surface area contributed by atoms with E-state index in [1.54, 1.807) is 14.0 Å². The maximum atomic E-state index is 11.6. The van der Waals surface area contributed by atoms with Crippen LogP contribution in [0.25, 0.3) is 6.08 Å². The average molecular weight is 327 g/mol. The lowest BCUT2D eigenvalue weighted by molar-refractivity contribution is -0.138. The molecule has 0 bridgehead atoms. The van der Waals surface area contributed by atoms with Crippen molar-refractivity contribution in [1.82, 2.24) is 0 Å². The Labute approximate surface area is 133 Å². The summed E-state index contributed by atoms with van der Waals surface area (Å²) in [6.45, 7) is 4.32. The molecule has 6 heteroatoms. The molecule has 0 aliphatic rings. The lowest BCUT2D eigenvalue weighted by atomic mass is 10.1. The highest BCUT2D eigenvalue weighted by Crippen LogP contribution is 2.14. The first-order valence-electron chi connectivity index (χ1n) is 6.98. The zero-order valence-corrected chi connectivity index (χ0v) is 17.6. The zero-order valence-electron chi connectivity index (χ0n) is 13.6. The summed E-state index contributed by atoms with van der Waals surface area (Å²) in [6.07, 6.45) is 3.74. The highest BCUT2D eigenvalue weighted by Gasteiger charge is 2.05. The van der Waals surface area contributed by atoms with Crippen molar-refractivity contribution in [2.24, 2.45) is 0 Å². The summed E-state index contributed by atoms with van der Waals surface area (Å²) in [5, 5.41) is 0. The fourth-order valence-corrected chi connectivity index (χ4v) is 1.43. The van der Waals surface area contributed by atoms with Crippen molar-refractivity contribution in [3.8, 4) is 5.75 Å². The first-order chi connectivity index (χ1) is 10.1. The van der Waals surface area contributed by atoms with Crippen molar-refractivity contribution >= 4 is 33.0 Å². The van der Waals surface area contributed by atoms with E-state index in [2.05, 4.69) is 11.0 Å². The molecule has 0 aliphatic carbocycles. The van der Waals surface area contributed by atoms with E-state index in [-0.39, 0.29) is 5.97 Å². The highest BCUT2D eigenvalue weighted by atomic mass is 28.3. The molecule has 1 aromatic carbocycles. The molecule has 0 fully saturated rings. The van der Waals surface area contributed by atoms with E-state index in [0.717, 1.165) is 45.1 Å². The minimum atomic E-state index is -0.251. The Kier molecular flexibility index (Phi) is 11.6. The van der Waals surface area contributed by atoms with Gasteiger partial charge in [0.25, 0.3) is 0 Å². The molecule has 118 valence electrons. The van der Waals surface area contributed by atoms with E-state index in [1.165, 1.54) is 0 Å². The molecule has 0 heterocycles. The van der Waals surface area contributed by atoms with Gasteiger partial charge in [-0.15, -0.1) is 0 Å². The average Bonchev–Trinajstić information content (AvgIpc) is 2.49. The molecule has 0 aromatic heterocycles. The van der Waals surface area contributed by atoms with E-state index in [9.17, 15) is 4.79 Å². The van der Waals surface area contributed by atoms with Crippen LogP contribution in [0.5, 0.6) is 5.75 Å². The predicted molar refractivity (Wildman–Crippen MR) is 93.5 cm³/mol. The Morgan fingerprint density at radius 3 is 2.29 bits per heavy atom. The Hall–Kier alpha value is -1.38. The van der Waals surface area contributed by atoms with Gasteiger partial charge in [-0.25, -0.2) is 4.79 Å². The van der Waals surface area contributed by atoms with Gasteiger partial charge >= 0.3 is 5.97 Å². The van der Waals surface area contributed by atoms with E-state index < -0.39 is 0 Å². The topological polar surface area (TPSA) is 44.8 Å². The standard InChI is InChI=1S/C15H20O3.H6OSi2/c1-4-5-10-18-15(16)12(2)11-13-6-8-14(17-3)9-7-13;2-1-3/h6-9,11H,4-5,10H2,1-3H3;2-3H3/b12-11+;. The maximum absolute atomic E-state index is 11.6. The molecule has 0 aliphatic heterocycles. The molecule has 0 N–H and O–H groups in total. The molecule has 0 atom stereocenters. The van der Waals surface area contributed by atoms with Crippen molar-refractivity contribution < 1.29 is 18.4 Å². The van der Waals surface area contributed by atoms with Crippen LogP contribution in [-0.2, 0) is 13.6 Å². The minimum absolute atomic E-state index is 0.251. The van der Waals surface area contributed by atoms with Crippen LogP contribution in [0.15, 0.2) is 29.8 Å². The number of hydrogen-bond donors (Lipinski definition) is 0. The van der Waals surface area contributed by atoms with Gasteiger partial charge in [-0.05, 0) is 37.1 Å². The summed E-state index contributed by atoms with van der Waals surface area (Å²) in [7, 11) is 3.49. The van der Waals surface area contributed by atoms with Crippen LogP contribution in [-0.4, -0.2) is 40.7 Å². The van der Waals surface area contributed by atoms with Crippen LogP contribution < -0.4 is 4.74 Å². The second kappa shape index (κ2) is 12.4. The van der Waals surface area contributed by atoms with Crippen LogP contribution >= 0.6 is 0 Å². The summed E-state index contributed by atoms with van der Waals surface area (Å²) < 4.78 is 14.7. The van der Waals surface area contributed by atoms with Crippen LogP contribution in [0.2, 0.25) is 0 Å². The van der Waals surface area contributed by atoms with Crippen molar-refractivity contribution in [2.45, 2.75) is 26.7 Å². The second-order valence-corrected chi connectivity index (χ2v) is 7.76. The van der Waals surface area contributed by atoms with Gasteiger partial charge in [-0.2, -0.15) is 0 Å². The summed E-state index contributed by atoms with van der Waals surface area (Å²) in [5.74, 6) is 0.551. The number of rotatable bonds is 6. The quantitative estimate of drug-likeness (QED) is 0.339. The number of methoxy groups -OCH3 is 1. The van der Waals surface area contributed by atoms with E-state index in [4.69, 9.17) is 9.47 Å². The molecule has 21 heavy (non-hydrogen) atoms. The summed E-state index contributed by atoms with van der Waals surface area (Å²) in [4.78, 5) is 11.6. The van der Waals surface area contributed by atoms with E-state index in [0.29, 0.717) is 12.2 Å². The number of esters is 1. The second-order valence-electron chi connectivity index (χ2n) is 4.50. The molecule has 4 nitrogen and oxygen atoms in total. The largest absolute Gasteiger partial charge is 0.497 e. The van der Waals surface area contributed by atoms with E-state index in [1.807, 2.05) is 30.3 Å². The number of benzene rings is 1. The van der Waals surface area contributed by atoms with Gasteiger partial charge in [-0.1, -0.05) is 25.5 Å². The van der Waals surface area contributed by atoms with Gasteiger partial charge in [0, 0.05) is 5.57 Å². The molecule has 0 amide bonds. The molecule has 1 aromatic rings. The molecule has 0 spiro atoms. The van der Waals surface area contributed by atoms with Crippen LogP contribution in [0.3, 0.4) is 0 Å². The molecule has 1 rings (SSSR count). The molecular formula is C15H26O4Si2. The van der Waals surface area contributed by atoms with Gasteiger partial charge in [-0.3, -0.25) is 0 Å². The van der Waals surface area contributed by atoms with Gasteiger partial charge in [0.15, 0.2) is 0 Å². The SMILES string of the molecule is CCCCOC(=O)/C(C)=C/c1ccc(OC)cc1.[SiH3]O[SiH3]. The third-order valence-corrected chi connectivity index (χ3v) is 2.55. The zero-order chi connectivity index (χ0) is 16.1. The van der Waals surface area contributed by atoms with Crippen LogP contribution in [0.1, 0.15) is 32.3 Å². The minimum Gasteiger partial charge on any atom is -0.497 e. The Morgan fingerprint density at radius 2 is 1.81 bits per heavy atom. The molecular weight excluding hydrogens is 300 g/mol. The number of unbranched alkanes of at least 4 members (excludes halogenated alkanes) is 1. The van der Waals surface area contributed by atoms with Gasteiger partial charge < -0.3 is 13.6 Å². The number of carbonyl (C=O) groups is 1. The maximum Gasteiger partial charge on any atom is 0.333 e. The first-order valence-corrected chi connectivity index (χ1v) is 8.61. The number of carbonyl (C=O) groups excluding carboxylic acids is 1. The van der Waals surface area contributed by atoms with Gasteiger partial charge in [0.2, 0.25) is 0 Å². The third-order valence-electron chi connectivity index (χ3n) is 2.55. The van der Waals surface area contributed by atoms with Crippen molar-refractivity contribution in [3.05, 3.63) is 35.4 Å². The smallest absolute Gasteiger partial charge is 0.333 e. The van der Waals surface area contributed by atoms with E-state index >= 15 is 0 Å². The van der Waals surface area contributed by atoms with Crippen LogP contribution in [0, 0.1) is 0 Å². The van der Waals surface area contributed by atoms with Crippen LogP contribution in [0.4, 0.5) is 0 Å². The van der Waals surface area contributed by atoms with Gasteiger partial charge in [0.1, 0.15) is 26.7 Å². The number of hydrogen-bond acceptors (Lipinski definition) is 4. The molecule has 0 radical (unpaired) electrons. The molecule has 0 saturated heterocycles. The monoisotopic (exact) mass is 326 g/mol. The first kappa shape index (κ1) is 19.6. The third kappa shape index (κ3) is 9.22. The Morgan fingerprint density at radius 1 is 1.24 bits per heavy atom. The van der Waals surface area contributed by atoms with Gasteiger partial charge in [0.05, 0.1) is 13.7 Å². The lowest BCUT2D eigenvalue weighted by Gasteiger charge is -2.04. The van der Waals surface area contributed by atoms with Crippen molar-refractivity contribution in [3.63, 3.8) is 0 Å². The Bertz CT molecular complexity index is 430. The van der Waals surface area contributed by atoms with Crippen molar-refractivity contribution in [2.75, 3.05) is 13.7 Å². The number of ether oxygens (including phenoxy) is 2.